The van der Waals surface area contributed by atoms with Gasteiger partial charge in [-0.25, -0.2) is 0 Å². The molecule has 0 aliphatic rings. The molecule has 0 aliphatic heterocycles. The maximum atomic E-state index is 12.5. The lowest BCUT2D eigenvalue weighted by Crippen LogP contribution is -2.31. The number of carbonyl (C=O) groups excluding carboxylic acids is 1. The third-order valence-corrected chi connectivity index (χ3v) is 3.96. The van der Waals surface area contributed by atoms with Crippen LogP contribution in [-0.4, -0.2) is 19.1 Å². The molecule has 2 aromatic carbocycles. The molecule has 0 heterocycles. The Morgan fingerprint density at radius 2 is 1.76 bits per heavy atom. The molecule has 1 amide bonds. The van der Waals surface area contributed by atoms with Crippen LogP contribution < -0.4 is 10.1 Å². The Balaban J connectivity index is 1.86. The van der Waals surface area contributed by atoms with E-state index in [0.717, 1.165) is 24.0 Å². The predicted octanol–water partition coefficient (Wildman–Crippen LogP) is 4.53. The van der Waals surface area contributed by atoms with Crippen molar-refractivity contribution in [2.45, 2.75) is 38.7 Å². The van der Waals surface area contributed by atoms with E-state index >= 15 is 0 Å². The number of ether oxygens (including phenoxy) is 1. The smallest absolute Gasteiger partial charge is 0.387 e. The van der Waals surface area contributed by atoms with Crippen molar-refractivity contribution in [1.82, 2.24) is 5.32 Å². The molecule has 5 heteroatoms. The molecule has 0 bridgehead atoms. The highest BCUT2D eigenvalue weighted by Crippen LogP contribution is 2.21. The van der Waals surface area contributed by atoms with E-state index in [4.69, 9.17) is 0 Å². The summed E-state index contributed by atoms with van der Waals surface area (Å²) in [5, 5.41) is 2.97. The van der Waals surface area contributed by atoms with E-state index in [-0.39, 0.29) is 17.6 Å². The van der Waals surface area contributed by atoms with Crippen LogP contribution in [0.5, 0.6) is 5.75 Å². The topological polar surface area (TPSA) is 38.3 Å². The van der Waals surface area contributed by atoms with Crippen molar-refractivity contribution in [3.05, 3.63) is 65.7 Å². The number of hydrogen-bond acceptors (Lipinski definition) is 2. The van der Waals surface area contributed by atoms with Gasteiger partial charge in [-0.2, -0.15) is 8.78 Å². The van der Waals surface area contributed by atoms with Crippen molar-refractivity contribution in [1.29, 1.82) is 0 Å². The van der Waals surface area contributed by atoms with Crippen molar-refractivity contribution >= 4 is 5.91 Å². The summed E-state index contributed by atoms with van der Waals surface area (Å²) >= 11 is 0. The van der Waals surface area contributed by atoms with Gasteiger partial charge in [0.1, 0.15) is 5.75 Å². The van der Waals surface area contributed by atoms with Crippen molar-refractivity contribution in [2.24, 2.45) is 0 Å². The zero-order valence-electron chi connectivity index (χ0n) is 14.3. The maximum absolute atomic E-state index is 12.5. The molecule has 3 nitrogen and oxygen atoms in total. The van der Waals surface area contributed by atoms with Crippen molar-refractivity contribution < 1.29 is 18.3 Å². The van der Waals surface area contributed by atoms with E-state index in [0.29, 0.717) is 13.0 Å². The van der Waals surface area contributed by atoms with Crippen LogP contribution in [0.4, 0.5) is 8.78 Å². The van der Waals surface area contributed by atoms with Crippen LogP contribution in [0.1, 0.15) is 36.8 Å². The highest BCUT2D eigenvalue weighted by atomic mass is 19.3. The average molecular weight is 347 g/mol. The van der Waals surface area contributed by atoms with E-state index < -0.39 is 6.61 Å². The fraction of sp³-hybridized carbons (Fsp3) is 0.350. The molecule has 1 N–H and O–H groups in total. The molecule has 134 valence electrons. The van der Waals surface area contributed by atoms with Gasteiger partial charge < -0.3 is 10.1 Å². The highest BCUT2D eigenvalue weighted by molar-refractivity contribution is 5.83. The minimum absolute atomic E-state index is 0.0192. The van der Waals surface area contributed by atoms with Crippen LogP contribution in [0, 0.1) is 0 Å². The van der Waals surface area contributed by atoms with Crippen molar-refractivity contribution in [3.8, 4) is 5.75 Å². The lowest BCUT2D eigenvalue weighted by Gasteiger charge is -2.16. The summed E-state index contributed by atoms with van der Waals surface area (Å²) < 4.78 is 28.6. The molecule has 0 spiro atoms. The van der Waals surface area contributed by atoms with Gasteiger partial charge in [-0.1, -0.05) is 55.8 Å². The number of amides is 1. The number of carbonyl (C=O) groups is 1. The fourth-order valence-corrected chi connectivity index (χ4v) is 2.71. The minimum atomic E-state index is -2.82. The summed E-state index contributed by atoms with van der Waals surface area (Å²) in [5.74, 6) is 0.00796. The summed E-state index contributed by atoms with van der Waals surface area (Å²) in [7, 11) is 0. The Kier molecular flexibility index (Phi) is 7.38. The second kappa shape index (κ2) is 9.77. The van der Waals surface area contributed by atoms with Gasteiger partial charge in [-0.3, -0.25) is 4.79 Å². The molecular formula is C20H23F2NO2. The summed E-state index contributed by atoms with van der Waals surface area (Å²) in [6.45, 7) is -0.258. The number of rotatable bonds is 9. The van der Waals surface area contributed by atoms with E-state index in [1.165, 1.54) is 12.1 Å². The Bertz CT molecular complexity index is 645. The van der Waals surface area contributed by atoms with Gasteiger partial charge >= 0.3 is 6.61 Å². The maximum Gasteiger partial charge on any atom is 0.387 e. The average Bonchev–Trinajstić information content (AvgIpc) is 2.61. The van der Waals surface area contributed by atoms with Crippen LogP contribution >= 0.6 is 0 Å². The van der Waals surface area contributed by atoms with Crippen LogP contribution in [0.3, 0.4) is 0 Å². The molecule has 0 fully saturated rings. The number of benzene rings is 2. The van der Waals surface area contributed by atoms with Gasteiger partial charge in [-0.05, 0) is 36.1 Å². The number of nitrogens with one attached hydrogen (secondary N) is 1. The largest absolute Gasteiger partial charge is 0.435 e. The third-order valence-electron chi connectivity index (χ3n) is 3.96. The quantitative estimate of drug-likeness (QED) is 0.724. The molecule has 1 atom stereocenters. The lowest BCUT2D eigenvalue weighted by molar-refractivity contribution is -0.122. The minimum Gasteiger partial charge on any atom is -0.435 e. The number of halogens is 2. The predicted molar refractivity (Wildman–Crippen MR) is 93.9 cm³/mol. The lowest BCUT2D eigenvalue weighted by atomic mass is 9.93. The van der Waals surface area contributed by atoms with E-state index in [1.807, 2.05) is 30.3 Å². The summed E-state index contributed by atoms with van der Waals surface area (Å²) in [6, 6.07) is 16.2. The molecule has 0 aliphatic carbocycles. The monoisotopic (exact) mass is 347 g/mol. The van der Waals surface area contributed by atoms with Gasteiger partial charge in [0.25, 0.3) is 0 Å². The molecule has 0 saturated heterocycles. The van der Waals surface area contributed by atoms with Crippen molar-refractivity contribution in [3.63, 3.8) is 0 Å². The molecular weight excluding hydrogens is 324 g/mol. The first-order valence-electron chi connectivity index (χ1n) is 8.46. The molecule has 0 radical (unpaired) electrons. The van der Waals surface area contributed by atoms with Gasteiger partial charge in [0, 0.05) is 6.54 Å². The summed E-state index contributed by atoms with van der Waals surface area (Å²) in [6.07, 6.45) is 2.36. The van der Waals surface area contributed by atoms with E-state index in [2.05, 4.69) is 17.0 Å². The van der Waals surface area contributed by atoms with Crippen LogP contribution in [0.25, 0.3) is 0 Å². The fourth-order valence-electron chi connectivity index (χ4n) is 2.71. The molecule has 2 rings (SSSR count). The van der Waals surface area contributed by atoms with Crippen LogP contribution in [0.15, 0.2) is 54.6 Å². The van der Waals surface area contributed by atoms with Gasteiger partial charge in [-0.15, -0.1) is 0 Å². The first kappa shape index (κ1) is 18.9. The Hall–Kier alpha value is -2.43. The molecule has 0 saturated carbocycles. The molecule has 0 aromatic heterocycles. The van der Waals surface area contributed by atoms with Gasteiger partial charge in [0.05, 0.1) is 5.92 Å². The SMILES string of the molecule is CCCC(C(=O)NCCc1ccc(OC(F)F)cc1)c1ccccc1. The second-order valence-corrected chi connectivity index (χ2v) is 5.82. The van der Waals surface area contributed by atoms with Crippen LogP contribution in [-0.2, 0) is 11.2 Å². The zero-order chi connectivity index (χ0) is 18.1. The summed E-state index contributed by atoms with van der Waals surface area (Å²) in [4.78, 5) is 12.5. The Morgan fingerprint density at radius 1 is 1.08 bits per heavy atom. The first-order chi connectivity index (χ1) is 12.1. The van der Waals surface area contributed by atoms with Crippen LogP contribution in [0.2, 0.25) is 0 Å². The number of alkyl halides is 2. The molecule has 1 unspecified atom stereocenters. The molecule has 2 aromatic rings. The van der Waals surface area contributed by atoms with Gasteiger partial charge in [0.2, 0.25) is 5.91 Å². The van der Waals surface area contributed by atoms with Gasteiger partial charge in [0.15, 0.2) is 0 Å². The van der Waals surface area contributed by atoms with E-state index in [1.54, 1.807) is 12.1 Å². The normalized spacial score (nSPS) is 12.0. The zero-order valence-corrected chi connectivity index (χ0v) is 14.3. The third kappa shape index (κ3) is 6.18. The second-order valence-electron chi connectivity index (χ2n) is 5.82. The Morgan fingerprint density at radius 3 is 2.36 bits per heavy atom. The first-order valence-corrected chi connectivity index (χ1v) is 8.46. The molecule has 25 heavy (non-hydrogen) atoms. The highest BCUT2D eigenvalue weighted by Gasteiger charge is 2.18. The van der Waals surface area contributed by atoms with E-state index in [9.17, 15) is 13.6 Å². The standard InChI is InChI=1S/C20H23F2NO2/c1-2-6-18(16-7-4-3-5-8-16)19(24)23-14-13-15-9-11-17(12-10-15)25-20(21)22/h3-5,7-12,18,20H,2,6,13-14H2,1H3,(H,23,24). The summed E-state index contributed by atoms with van der Waals surface area (Å²) in [5.41, 5.74) is 1.98. The van der Waals surface area contributed by atoms with Crippen molar-refractivity contribution in [2.75, 3.05) is 6.54 Å². The Labute approximate surface area is 147 Å². The number of hydrogen-bond donors (Lipinski definition) is 1.